The first kappa shape index (κ1) is 11.2. The van der Waals surface area contributed by atoms with Crippen molar-refractivity contribution in [3.63, 3.8) is 0 Å². The molecule has 86 valence electrons. The summed E-state index contributed by atoms with van der Waals surface area (Å²) in [5.41, 5.74) is 1.88. The van der Waals surface area contributed by atoms with E-state index in [2.05, 4.69) is 13.5 Å². The Morgan fingerprint density at radius 3 is 2.81 bits per heavy atom. The Labute approximate surface area is 96.4 Å². The van der Waals surface area contributed by atoms with Crippen molar-refractivity contribution >= 4 is 15.7 Å². The van der Waals surface area contributed by atoms with Crippen LogP contribution >= 0.6 is 0 Å². The standard InChI is InChI=1S/C12H15NO2S/c1-3-16(14,15)13-9-10(2)8-11-6-4-5-7-12(11)13/h3-7,10H,1,8-9H2,2H3. The molecular formula is C12H15NO2S. The fourth-order valence-corrected chi connectivity index (χ4v) is 3.17. The molecule has 4 heteroatoms. The van der Waals surface area contributed by atoms with Crippen LogP contribution in [0.5, 0.6) is 0 Å². The summed E-state index contributed by atoms with van der Waals surface area (Å²) in [6.45, 7) is 5.97. The quantitative estimate of drug-likeness (QED) is 0.790. The van der Waals surface area contributed by atoms with Crippen LogP contribution in [0.1, 0.15) is 12.5 Å². The highest BCUT2D eigenvalue weighted by atomic mass is 32.2. The van der Waals surface area contributed by atoms with E-state index in [0.717, 1.165) is 23.1 Å². The molecule has 0 saturated heterocycles. The van der Waals surface area contributed by atoms with Crippen LogP contribution in [0.3, 0.4) is 0 Å². The van der Waals surface area contributed by atoms with Crippen LogP contribution in [-0.2, 0) is 16.4 Å². The molecule has 0 amide bonds. The summed E-state index contributed by atoms with van der Waals surface area (Å²) in [5.74, 6) is 0.338. The summed E-state index contributed by atoms with van der Waals surface area (Å²) in [6, 6.07) is 7.63. The highest BCUT2D eigenvalue weighted by molar-refractivity contribution is 7.95. The van der Waals surface area contributed by atoms with Crippen molar-refractivity contribution in [3.05, 3.63) is 41.8 Å². The molecule has 0 aromatic heterocycles. The van der Waals surface area contributed by atoms with Gasteiger partial charge in [-0.15, -0.1) is 0 Å². The predicted molar refractivity (Wildman–Crippen MR) is 65.8 cm³/mol. The van der Waals surface area contributed by atoms with Gasteiger partial charge in [-0.2, -0.15) is 0 Å². The molecule has 0 saturated carbocycles. The lowest BCUT2D eigenvalue weighted by Crippen LogP contribution is -2.37. The summed E-state index contributed by atoms with van der Waals surface area (Å²) in [7, 11) is -3.37. The maximum Gasteiger partial charge on any atom is 0.256 e. The molecule has 1 heterocycles. The minimum atomic E-state index is -3.37. The number of benzene rings is 1. The van der Waals surface area contributed by atoms with Crippen molar-refractivity contribution in [1.29, 1.82) is 0 Å². The van der Waals surface area contributed by atoms with Gasteiger partial charge < -0.3 is 0 Å². The Kier molecular flexibility index (Phi) is 2.76. The van der Waals surface area contributed by atoms with Gasteiger partial charge in [0.15, 0.2) is 0 Å². The fraction of sp³-hybridized carbons (Fsp3) is 0.333. The van der Waals surface area contributed by atoms with Crippen LogP contribution in [0.2, 0.25) is 0 Å². The van der Waals surface area contributed by atoms with Gasteiger partial charge in [0.1, 0.15) is 0 Å². The molecule has 0 spiro atoms. The molecule has 1 unspecified atom stereocenters. The average molecular weight is 237 g/mol. The zero-order chi connectivity index (χ0) is 11.8. The Hall–Kier alpha value is -1.29. The molecule has 16 heavy (non-hydrogen) atoms. The van der Waals surface area contributed by atoms with E-state index in [1.54, 1.807) is 0 Å². The van der Waals surface area contributed by atoms with Crippen LogP contribution < -0.4 is 4.31 Å². The minimum Gasteiger partial charge on any atom is -0.266 e. The summed E-state index contributed by atoms with van der Waals surface area (Å²) in [5, 5.41) is 1.02. The number of fused-ring (bicyclic) bond motifs is 1. The van der Waals surface area contributed by atoms with Gasteiger partial charge in [-0.3, -0.25) is 4.31 Å². The van der Waals surface area contributed by atoms with Gasteiger partial charge in [-0.1, -0.05) is 31.7 Å². The number of anilines is 1. The lowest BCUT2D eigenvalue weighted by molar-refractivity contribution is 0.549. The summed E-state index contributed by atoms with van der Waals surface area (Å²) in [6.07, 6.45) is 0.930. The number of hydrogen-bond donors (Lipinski definition) is 0. The van der Waals surface area contributed by atoms with Crippen molar-refractivity contribution in [2.45, 2.75) is 13.3 Å². The van der Waals surface area contributed by atoms with Crippen molar-refractivity contribution in [2.24, 2.45) is 5.92 Å². The van der Waals surface area contributed by atoms with E-state index in [1.165, 1.54) is 4.31 Å². The van der Waals surface area contributed by atoms with E-state index in [9.17, 15) is 8.42 Å². The van der Waals surface area contributed by atoms with E-state index in [0.29, 0.717) is 12.5 Å². The number of nitrogens with zero attached hydrogens (tertiary/aromatic N) is 1. The molecule has 1 aliphatic heterocycles. The van der Waals surface area contributed by atoms with Gasteiger partial charge in [-0.25, -0.2) is 8.42 Å². The summed E-state index contributed by atoms with van der Waals surface area (Å²) in [4.78, 5) is 0. The Bertz CT molecular complexity index is 508. The van der Waals surface area contributed by atoms with Crippen LogP contribution in [0.4, 0.5) is 5.69 Å². The van der Waals surface area contributed by atoms with E-state index >= 15 is 0 Å². The summed E-state index contributed by atoms with van der Waals surface area (Å²) < 4.78 is 25.2. The SMILES string of the molecule is C=CS(=O)(=O)N1CC(C)Cc2ccccc21. The third kappa shape index (κ3) is 1.85. The smallest absolute Gasteiger partial charge is 0.256 e. The number of rotatable bonds is 2. The first-order chi connectivity index (χ1) is 7.54. The van der Waals surface area contributed by atoms with E-state index in [1.807, 2.05) is 24.3 Å². The van der Waals surface area contributed by atoms with E-state index < -0.39 is 10.0 Å². The molecular weight excluding hydrogens is 222 g/mol. The lowest BCUT2D eigenvalue weighted by Gasteiger charge is -2.32. The Balaban J connectivity index is 2.53. The largest absolute Gasteiger partial charge is 0.266 e. The van der Waals surface area contributed by atoms with Crippen molar-refractivity contribution in [2.75, 3.05) is 10.8 Å². The topological polar surface area (TPSA) is 37.4 Å². The van der Waals surface area contributed by atoms with Crippen LogP contribution in [0, 0.1) is 5.92 Å². The molecule has 1 aliphatic rings. The normalized spacial score (nSPS) is 20.3. The van der Waals surface area contributed by atoms with Gasteiger partial charge in [0, 0.05) is 12.0 Å². The molecule has 0 radical (unpaired) electrons. The van der Waals surface area contributed by atoms with Gasteiger partial charge >= 0.3 is 0 Å². The first-order valence-electron chi connectivity index (χ1n) is 5.27. The van der Waals surface area contributed by atoms with E-state index in [4.69, 9.17) is 0 Å². The van der Waals surface area contributed by atoms with Gasteiger partial charge in [-0.05, 0) is 24.0 Å². The molecule has 0 fully saturated rings. The van der Waals surface area contributed by atoms with E-state index in [-0.39, 0.29) is 0 Å². The molecule has 0 N–H and O–H groups in total. The number of hydrogen-bond acceptors (Lipinski definition) is 2. The molecule has 3 nitrogen and oxygen atoms in total. The molecule has 1 aromatic rings. The fourth-order valence-electron chi connectivity index (χ4n) is 2.08. The Morgan fingerprint density at radius 2 is 2.12 bits per heavy atom. The van der Waals surface area contributed by atoms with Gasteiger partial charge in [0.25, 0.3) is 10.0 Å². The Morgan fingerprint density at radius 1 is 1.44 bits per heavy atom. The second-order valence-corrected chi connectivity index (χ2v) is 5.98. The molecule has 2 rings (SSSR count). The van der Waals surface area contributed by atoms with Crippen molar-refractivity contribution in [1.82, 2.24) is 0 Å². The van der Waals surface area contributed by atoms with Crippen molar-refractivity contribution in [3.8, 4) is 0 Å². The van der Waals surface area contributed by atoms with Crippen molar-refractivity contribution < 1.29 is 8.42 Å². The lowest BCUT2D eigenvalue weighted by atomic mass is 9.96. The average Bonchev–Trinajstić information content (AvgIpc) is 2.28. The van der Waals surface area contributed by atoms with Crippen LogP contribution in [0.15, 0.2) is 36.3 Å². The van der Waals surface area contributed by atoms with Crippen LogP contribution in [-0.4, -0.2) is 15.0 Å². The van der Waals surface area contributed by atoms with Gasteiger partial charge in [0.2, 0.25) is 0 Å². The molecule has 1 atom stereocenters. The molecule has 0 aliphatic carbocycles. The zero-order valence-electron chi connectivity index (χ0n) is 9.26. The number of para-hydroxylation sites is 1. The maximum atomic E-state index is 11.9. The molecule has 0 bridgehead atoms. The van der Waals surface area contributed by atoms with Gasteiger partial charge in [0.05, 0.1) is 5.69 Å². The predicted octanol–water partition coefficient (Wildman–Crippen LogP) is 2.16. The second-order valence-electron chi connectivity index (χ2n) is 4.18. The maximum absolute atomic E-state index is 11.9. The van der Waals surface area contributed by atoms with Crippen LogP contribution in [0.25, 0.3) is 0 Å². The highest BCUT2D eigenvalue weighted by Gasteiger charge is 2.28. The summed E-state index contributed by atoms with van der Waals surface area (Å²) >= 11 is 0. The minimum absolute atomic E-state index is 0.338. The highest BCUT2D eigenvalue weighted by Crippen LogP contribution is 2.31. The second kappa shape index (κ2) is 3.94. The third-order valence-corrected chi connectivity index (χ3v) is 4.21. The third-order valence-electron chi connectivity index (χ3n) is 2.82. The number of sulfonamides is 1. The first-order valence-corrected chi connectivity index (χ1v) is 6.78. The monoisotopic (exact) mass is 237 g/mol. The zero-order valence-corrected chi connectivity index (χ0v) is 10.1. The molecule has 1 aromatic carbocycles.